The summed E-state index contributed by atoms with van der Waals surface area (Å²) in [6.45, 7) is 16.2. The van der Waals surface area contributed by atoms with E-state index >= 15 is 0 Å². The third-order valence-electron chi connectivity index (χ3n) is 2.68. The van der Waals surface area contributed by atoms with E-state index in [4.69, 9.17) is 5.11 Å². The van der Waals surface area contributed by atoms with Crippen LogP contribution >= 0.6 is 0 Å². The van der Waals surface area contributed by atoms with Crippen molar-refractivity contribution in [2.75, 3.05) is 32.8 Å². The van der Waals surface area contributed by atoms with E-state index in [9.17, 15) is 17.3 Å². The van der Waals surface area contributed by atoms with Crippen LogP contribution in [0.2, 0.25) is 0 Å². The van der Waals surface area contributed by atoms with Crippen molar-refractivity contribution in [3.63, 3.8) is 0 Å². The second-order valence-electron chi connectivity index (χ2n) is 3.42. The first-order valence-corrected chi connectivity index (χ1v) is 5.99. The molecule has 0 saturated carbocycles. The molecule has 108 valence electrons. The van der Waals surface area contributed by atoms with Gasteiger partial charge in [-0.25, -0.2) is 0 Å². The van der Waals surface area contributed by atoms with Gasteiger partial charge in [-0.3, -0.25) is 0 Å². The standard InChI is InChI=1S/C8H20N.C2H6O.BF4/c1-5-9(6-2,7-3)8-4;1-2-3;2-1(3,4)5/h5-8H2,1-4H3;3H,2H2,1H3;/q+1;;-1. The molecule has 0 rings (SSSR count). The molecular formula is C10H26BF4NO. The highest BCUT2D eigenvalue weighted by Crippen LogP contribution is 2.06. The van der Waals surface area contributed by atoms with Gasteiger partial charge in [-0.1, -0.05) is 0 Å². The van der Waals surface area contributed by atoms with Gasteiger partial charge < -0.3 is 26.9 Å². The Morgan fingerprint density at radius 3 is 0.882 bits per heavy atom. The summed E-state index contributed by atoms with van der Waals surface area (Å²) in [6.07, 6.45) is 0. The molecule has 0 aliphatic rings. The molecule has 0 heterocycles. The fourth-order valence-corrected chi connectivity index (χ4v) is 1.34. The van der Waals surface area contributed by atoms with Crippen molar-refractivity contribution in [1.29, 1.82) is 0 Å². The molecule has 0 aromatic carbocycles. The van der Waals surface area contributed by atoms with Crippen LogP contribution in [0.15, 0.2) is 0 Å². The Morgan fingerprint density at radius 2 is 0.882 bits per heavy atom. The molecule has 0 atom stereocenters. The second-order valence-corrected chi connectivity index (χ2v) is 3.42. The Hall–Kier alpha value is -0.295. The van der Waals surface area contributed by atoms with E-state index in [1.165, 1.54) is 30.7 Å². The first-order chi connectivity index (χ1) is 7.66. The van der Waals surface area contributed by atoms with Crippen LogP contribution in [0.3, 0.4) is 0 Å². The van der Waals surface area contributed by atoms with Crippen molar-refractivity contribution in [3.8, 4) is 0 Å². The van der Waals surface area contributed by atoms with E-state index in [1.807, 2.05) is 0 Å². The van der Waals surface area contributed by atoms with Crippen molar-refractivity contribution >= 4 is 7.25 Å². The zero-order valence-electron chi connectivity index (χ0n) is 11.5. The van der Waals surface area contributed by atoms with Gasteiger partial charge >= 0.3 is 7.25 Å². The lowest BCUT2D eigenvalue weighted by Crippen LogP contribution is -2.47. The number of hydrogen-bond acceptors (Lipinski definition) is 1. The number of hydrogen-bond donors (Lipinski definition) is 1. The Kier molecular flexibility index (Phi) is 15.7. The van der Waals surface area contributed by atoms with Gasteiger partial charge in [0.1, 0.15) is 0 Å². The fraction of sp³-hybridized carbons (Fsp3) is 1.00. The number of halogens is 4. The van der Waals surface area contributed by atoms with E-state index in [2.05, 4.69) is 27.7 Å². The Balaban J connectivity index is -0.000000207. The monoisotopic (exact) mass is 263 g/mol. The summed E-state index contributed by atoms with van der Waals surface area (Å²) < 4.78 is 40.3. The second kappa shape index (κ2) is 12.2. The molecule has 2 nitrogen and oxygen atoms in total. The topological polar surface area (TPSA) is 20.2 Å². The molecule has 0 saturated heterocycles. The molecule has 0 spiro atoms. The van der Waals surface area contributed by atoms with Gasteiger partial charge in [0.2, 0.25) is 0 Å². The van der Waals surface area contributed by atoms with Crippen LogP contribution in [0.5, 0.6) is 0 Å². The molecule has 0 fully saturated rings. The van der Waals surface area contributed by atoms with E-state index in [1.54, 1.807) is 6.92 Å². The van der Waals surface area contributed by atoms with Crippen molar-refractivity contribution in [2.24, 2.45) is 0 Å². The van der Waals surface area contributed by atoms with Crippen molar-refractivity contribution in [3.05, 3.63) is 0 Å². The SMILES string of the molecule is CCO.CC[N+](CC)(CC)CC.F[B-](F)(F)F. The third kappa shape index (κ3) is 21.5. The molecule has 0 aliphatic heterocycles. The van der Waals surface area contributed by atoms with Crippen molar-refractivity contribution < 1.29 is 26.9 Å². The molecule has 0 aliphatic carbocycles. The first-order valence-electron chi connectivity index (χ1n) is 5.99. The summed E-state index contributed by atoms with van der Waals surface area (Å²) in [5.74, 6) is 0. The highest BCUT2D eigenvalue weighted by atomic mass is 19.5. The Morgan fingerprint density at radius 1 is 0.765 bits per heavy atom. The summed E-state index contributed by atoms with van der Waals surface area (Å²) in [7, 11) is -6.00. The largest absolute Gasteiger partial charge is 0.673 e. The van der Waals surface area contributed by atoms with Gasteiger partial charge in [-0.2, -0.15) is 0 Å². The summed E-state index contributed by atoms with van der Waals surface area (Å²) in [5.41, 5.74) is 0. The normalized spacial score (nSPS) is 10.9. The molecule has 0 amide bonds. The number of rotatable bonds is 4. The average Bonchev–Trinajstić information content (AvgIpc) is 2.21. The molecule has 0 unspecified atom stereocenters. The zero-order chi connectivity index (χ0) is 14.5. The summed E-state index contributed by atoms with van der Waals surface area (Å²) in [4.78, 5) is 0. The minimum absolute atomic E-state index is 0.250. The average molecular weight is 263 g/mol. The number of quaternary nitrogens is 1. The molecule has 0 aromatic heterocycles. The fourth-order valence-electron chi connectivity index (χ4n) is 1.34. The van der Waals surface area contributed by atoms with Gasteiger partial charge in [0.25, 0.3) is 0 Å². The van der Waals surface area contributed by atoms with Crippen LogP contribution in [-0.4, -0.2) is 49.6 Å². The minimum atomic E-state index is -6.00. The van der Waals surface area contributed by atoms with Crippen molar-refractivity contribution in [2.45, 2.75) is 34.6 Å². The number of aliphatic hydroxyl groups is 1. The highest BCUT2D eigenvalue weighted by molar-refractivity contribution is 6.50. The van der Waals surface area contributed by atoms with Gasteiger partial charge in [-0.15, -0.1) is 0 Å². The van der Waals surface area contributed by atoms with Crippen LogP contribution in [-0.2, 0) is 0 Å². The molecule has 17 heavy (non-hydrogen) atoms. The number of aliphatic hydroxyl groups excluding tert-OH is 1. The van der Waals surface area contributed by atoms with Crippen LogP contribution in [0.25, 0.3) is 0 Å². The Bertz CT molecular complexity index is 128. The maximum absolute atomic E-state index is 9.75. The van der Waals surface area contributed by atoms with Crippen molar-refractivity contribution in [1.82, 2.24) is 0 Å². The molecule has 0 radical (unpaired) electrons. The minimum Gasteiger partial charge on any atom is -0.418 e. The van der Waals surface area contributed by atoms with Crippen LogP contribution in [0.1, 0.15) is 34.6 Å². The predicted octanol–water partition coefficient (Wildman–Crippen LogP) is 3.18. The first kappa shape index (κ1) is 21.9. The smallest absolute Gasteiger partial charge is 0.418 e. The van der Waals surface area contributed by atoms with Gasteiger partial charge in [-0.05, 0) is 34.6 Å². The van der Waals surface area contributed by atoms with Crippen LogP contribution < -0.4 is 0 Å². The highest BCUT2D eigenvalue weighted by Gasteiger charge is 2.20. The van der Waals surface area contributed by atoms with E-state index in [-0.39, 0.29) is 6.61 Å². The lowest BCUT2D eigenvalue weighted by molar-refractivity contribution is -0.921. The van der Waals surface area contributed by atoms with Gasteiger partial charge in [0.15, 0.2) is 0 Å². The number of nitrogens with zero attached hydrogens (tertiary/aromatic N) is 1. The predicted molar refractivity (Wildman–Crippen MR) is 65.4 cm³/mol. The van der Waals surface area contributed by atoms with Gasteiger partial charge in [0.05, 0.1) is 26.2 Å². The summed E-state index contributed by atoms with van der Waals surface area (Å²) in [6, 6.07) is 0. The lowest BCUT2D eigenvalue weighted by Gasteiger charge is -2.34. The molecule has 1 N–H and O–H groups in total. The maximum Gasteiger partial charge on any atom is 0.673 e. The molecule has 7 heteroatoms. The van der Waals surface area contributed by atoms with Crippen LogP contribution in [0.4, 0.5) is 17.3 Å². The third-order valence-corrected chi connectivity index (χ3v) is 2.68. The lowest BCUT2D eigenvalue weighted by atomic mass is 10.3. The zero-order valence-corrected chi connectivity index (χ0v) is 11.5. The Labute approximate surface area is 102 Å². The van der Waals surface area contributed by atoms with E-state index in [0.717, 1.165) is 0 Å². The van der Waals surface area contributed by atoms with Gasteiger partial charge in [0, 0.05) is 6.61 Å². The van der Waals surface area contributed by atoms with E-state index < -0.39 is 7.25 Å². The molecule has 0 bridgehead atoms. The molecule has 0 aromatic rings. The summed E-state index contributed by atoms with van der Waals surface area (Å²) in [5, 5.41) is 7.57. The van der Waals surface area contributed by atoms with Crippen LogP contribution in [0, 0.1) is 0 Å². The maximum atomic E-state index is 9.75. The van der Waals surface area contributed by atoms with E-state index in [0.29, 0.717) is 0 Å². The summed E-state index contributed by atoms with van der Waals surface area (Å²) >= 11 is 0. The quantitative estimate of drug-likeness (QED) is 0.469. The molecular weight excluding hydrogens is 237 g/mol.